The minimum Gasteiger partial charge on any atom is -0.298 e. The van der Waals surface area contributed by atoms with Crippen molar-refractivity contribution < 1.29 is 18.0 Å². The molecule has 1 fully saturated rings. The van der Waals surface area contributed by atoms with Crippen molar-refractivity contribution in [1.29, 1.82) is 5.26 Å². The molecular weight excluding hydrogens is 255 g/mol. The first-order chi connectivity index (χ1) is 8.77. The van der Waals surface area contributed by atoms with Crippen molar-refractivity contribution in [2.45, 2.75) is 52.1 Å². The van der Waals surface area contributed by atoms with E-state index in [1.54, 1.807) is 0 Å². The largest absolute Gasteiger partial charge is 0.392 e. The number of hydrogen-bond donors (Lipinski definition) is 0. The molecule has 0 aromatic rings. The molecule has 0 aromatic carbocycles. The predicted molar refractivity (Wildman–Crippen MR) is 65.1 cm³/mol. The summed E-state index contributed by atoms with van der Waals surface area (Å²) in [6.45, 7) is 3.72. The molecule has 1 saturated carbocycles. The smallest absolute Gasteiger partial charge is 0.298 e. The van der Waals surface area contributed by atoms with E-state index in [0.29, 0.717) is 19.3 Å². The van der Waals surface area contributed by atoms with Crippen LogP contribution in [0.4, 0.5) is 13.2 Å². The van der Waals surface area contributed by atoms with Crippen LogP contribution in [0.25, 0.3) is 0 Å². The summed E-state index contributed by atoms with van der Waals surface area (Å²) < 4.78 is 38.8. The van der Waals surface area contributed by atoms with Gasteiger partial charge >= 0.3 is 6.18 Å². The zero-order chi connectivity index (χ0) is 14.6. The molecule has 0 saturated heterocycles. The standard InChI is InChI=1S/C14H20F3NO/c1-9(2)7-10(8-18)13(19)11-5-3-4-6-12(11)14(15,16)17/h9-12H,3-7H2,1-2H3. The number of ketones is 1. The molecular formula is C14H20F3NO. The molecule has 0 bridgehead atoms. The maximum Gasteiger partial charge on any atom is 0.392 e. The molecule has 0 radical (unpaired) electrons. The summed E-state index contributed by atoms with van der Waals surface area (Å²) in [6, 6.07) is 1.89. The highest BCUT2D eigenvalue weighted by Gasteiger charge is 2.49. The van der Waals surface area contributed by atoms with Crippen molar-refractivity contribution in [3.63, 3.8) is 0 Å². The Balaban J connectivity index is 2.85. The summed E-state index contributed by atoms with van der Waals surface area (Å²) in [4.78, 5) is 12.2. The molecule has 0 N–H and O–H groups in total. The molecule has 0 amide bonds. The molecule has 2 nitrogen and oxygen atoms in total. The minimum atomic E-state index is -4.33. The first-order valence-corrected chi connectivity index (χ1v) is 6.77. The zero-order valence-corrected chi connectivity index (χ0v) is 11.3. The van der Waals surface area contributed by atoms with Crippen LogP contribution >= 0.6 is 0 Å². The van der Waals surface area contributed by atoms with E-state index in [4.69, 9.17) is 5.26 Å². The Morgan fingerprint density at radius 2 is 1.89 bits per heavy atom. The molecule has 3 unspecified atom stereocenters. The number of halogens is 3. The van der Waals surface area contributed by atoms with Gasteiger partial charge in [-0.15, -0.1) is 0 Å². The molecule has 5 heteroatoms. The van der Waals surface area contributed by atoms with Crippen LogP contribution < -0.4 is 0 Å². The number of rotatable bonds is 4. The zero-order valence-electron chi connectivity index (χ0n) is 11.3. The Labute approximate surface area is 112 Å². The van der Waals surface area contributed by atoms with E-state index < -0.39 is 29.7 Å². The monoisotopic (exact) mass is 275 g/mol. The lowest BCUT2D eigenvalue weighted by Crippen LogP contribution is -2.39. The topological polar surface area (TPSA) is 40.9 Å². The fraction of sp³-hybridized carbons (Fsp3) is 0.857. The van der Waals surface area contributed by atoms with Crippen LogP contribution in [-0.4, -0.2) is 12.0 Å². The van der Waals surface area contributed by atoms with E-state index in [1.807, 2.05) is 19.9 Å². The van der Waals surface area contributed by atoms with Crippen LogP contribution in [0.5, 0.6) is 0 Å². The Morgan fingerprint density at radius 3 is 2.37 bits per heavy atom. The number of carbonyl (C=O) groups excluding carboxylic acids is 1. The van der Waals surface area contributed by atoms with Gasteiger partial charge in [0, 0.05) is 5.92 Å². The van der Waals surface area contributed by atoms with Crippen LogP contribution in [0.2, 0.25) is 0 Å². The van der Waals surface area contributed by atoms with Gasteiger partial charge in [-0.05, 0) is 25.2 Å². The molecule has 108 valence electrons. The number of alkyl halides is 3. The molecule has 0 spiro atoms. The van der Waals surface area contributed by atoms with Crippen LogP contribution in [0, 0.1) is 35.0 Å². The number of Topliss-reactive ketones (excluding diaryl/α,β-unsaturated/α-hetero) is 1. The van der Waals surface area contributed by atoms with Gasteiger partial charge in [0.05, 0.1) is 12.0 Å². The van der Waals surface area contributed by atoms with E-state index in [0.717, 1.165) is 0 Å². The molecule has 0 aromatic heterocycles. The Morgan fingerprint density at radius 1 is 1.32 bits per heavy atom. The Hall–Kier alpha value is -1.05. The van der Waals surface area contributed by atoms with E-state index >= 15 is 0 Å². The van der Waals surface area contributed by atoms with Gasteiger partial charge in [0.1, 0.15) is 5.92 Å². The average Bonchev–Trinajstić information content (AvgIpc) is 2.34. The number of nitrogens with zero attached hydrogens (tertiary/aromatic N) is 1. The molecule has 0 heterocycles. The lowest BCUT2D eigenvalue weighted by atomic mass is 9.73. The Kier molecular flexibility index (Phi) is 5.39. The predicted octanol–water partition coefficient (Wildman–Crippen LogP) is 4.11. The van der Waals surface area contributed by atoms with Gasteiger partial charge in [-0.2, -0.15) is 18.4 Å². The van der Waals surface area contributed by atoms with E-state index in [1.165, 1.54) is 0 Å². The lowest BCUT2D eigenvalue weighted by Gasteiger charge is -2.33. The van der Waals surface area contributed by atoms with Gasteiger partial charge in [-0.3, -0.25) is 4.79 Å². The first-order valence-electron chi connectivity index (χ1n) is 6.77. The van der Waals surface area contributed by atoms with Gasteiger partial charge in [0.25, 0.3) is 0 Å². The number of nitriles is 1. The molecule has 3 atom stereocenters. The lowest BCUT2D eigenvalue weighted by molar-refractivity contribution is -0.198. The average molecular weight is 275 g/mol. The summed E-state index contributed by atoms with van der Waals surface area (Å²) in [5.74, 6) is -3.85. The number of hydrogen-bond acceptors (Lipinski definition) is 2. The normalized spacial score (nSPS) is 25.9. The van der Waals surface area contributed by atoms with Gasteiger partial charge in [0.2, 0.25) is 0 Å². The maximum absolute atomic E-state index is 12.9. The molecule has 1 aliphatic carbocycles. The van der Waals surface area contributed by atoms with Crippen molar-refractivity contribution in [2.75, 3.05) is 0 Å². The quantitative estimate of drug-likeness (QED) is 0.774. The van der Waals surface area contributed by atoms with Crippen molar-refractivity contribution in [1.82, 2.24) is 0 Å². The van der Waals surface area contributed by atoms with E-state index in [2.05, 4.69) is 0 Å². The van der Waals surface area contributed by atoms with E-state index in [9.17, 15) is 18.0 Å². The minimum absolute atomic E-state index is 0.0136. The molecule has 19 heavy (non-hydrogen) atoms. The summed E-state index contributed by atoms with van der Waals surface area (Å²) in [5.41, 5.74) is 0. The van der Waals surface area contributed by atoms with Crippen molar-refractivity contribution in [3.05, 3.63) is 0 Å². The SMILES string of the molecule is CC(C)CC(C#N)C(=O)C1CCCCC1C(F)(F)F. The Bertz CT molecular complexity index is 357. The van der Waals surface area contributed by atoms with Gasteiger partial charge < -0.3 is 0 Å². The fourth-order valence-corrected chi connectivity index (χ4v) is 2.83. The molecule has 1 rings (SSSR count). The maximum atomic E-state index is 12.9. The highest BCUT2D eigenvalue weighted by atomic mass is 19.4. The highest BCUT2D eigenvalue weighted by molar-refractivity contribution is 5.86. The fourth-order valence-electron chi connectivity index (χ4n) is 2.83. The van der Waals surface area contributed by atoms with Crippen molar-refractivity contribution >= 4 is 5.78 Å². The van der Waals surface area contributed by atoms with Gasteiger partial charge in [0.15, 0.2) is 5.78 Å². The van der Waals surface area contributed by atoms with E-state index in [-0.39, 0.29) is 18.8 Å². The third-order valence-corrected chi connectivity index (χ3v) is 3.76. The number of carbonyl (C=O) groups is 1. The third kappa shape index (κ3) is 4.22. The van der Waals surface area contributed by atoms with Gasteiger partial charge in [-0.25, -0.2) is 0 Å². The van der Waals surface area contributed by atoms with Crippen LogP contribution in [0.3, 0.4) is 0 Å². The van der Waals surface area contributed by atoms with Crippen LogP contribution in [-0.2, 0) is 4.79 Å². The van der Waals surface area contributed by atoms with Crippen molar-refractivity contribution in [3.8, 4) is 6.07 Å². The molecule has 1 aliphatic rings. The second kappa shape index (κ2) is 6.40. The second-order valence-corrected chi connectivity index (χ2v) is 5.75. The summed E-state index contributed by atoms with van der Waals surface area (Å²) in [6.07, 6.45) is -2.56. The second-order valence-electron chi connectivity index (χ2n) is 5.75. The van der Waals surface area contributed by atoms with Crippen LogP contribution in [0.1, 0.15) is 46.0 Å². The van der Waals surface area contributed by atoms with Crippen molar-refractivity contribution in [2.24, 2.45) is 23.7 Å². The molecule has 0 aliphatic heterocycles. The summed E-state index contributed by atoms with van der Waals surface area (Å²) >= 11 is 0. The first kappa shape index (κ1) is 16.0. The summed E-state index contributed by atoms with van der Waals surface area (Å²) in [5, 5.41) is 9.01. The summed E-state index contributed by atoms with van der Waals surface area (Å²) in [7, 11) is 0. The third-order valence-electron chi connectivity index (χ3n) is 3.76. The van der Waals surface area contributed by atoms with Gasteiger partial charge in [-0.1, -0.05) is 26.7 Å². The highest BCUT2D eigenvalue weighted by Crippen LogP contribution is 2.43. The van der Waals surface area contributed by atoms with Crippen LogP contribution in [0.15, 0.2) is 0 Å².